The Hall–Kier alpha value is -2.40. The van der Waals surface area contributed by atoms with Crippen molar-refractivity contribution < 1.29 is 13.9 Å². The van der Waals surface area contributed by atoms with Gasteiger partial charge in [-0.05, 0) is 36.8 Å². The van der Waals surface area contributed by atoms with Gasteiger partial charge in [0.25, 0.3) is 5.91 Å². The van der Waals surface area contributed by atoms with Crippen molar-refractivity contribution in [3.63, 3.8) is 0 Å². The highest BCUT2D eigenvalue weighted by molar-refractivity contribution is 6.31. The number of hydrogen-bond donors (Lipinski definition) is 1. The predicted molar refractivity (Wildman–Crippen MR) is 83.7 cm³/mol. The fraction of sp³-hybridized carbons (Fsp3) is 0.125. The summed E-state index contributed by atoms with van der Waals surface area (Å²) in [5.74, 6) is -0.980. The number of para-hydroxylation sites is 1. The highest BCUT2D eigenvalue weighted by Gasteiger charge is 2.06. The largest absolute Gasteiger partial charge is 0.481 e. The van der Waals surface area contributed by atoms with E-state index in [0.29, 0.717) is 10.7 Å². The molecule has 2 aromatic carbocycles. The molecule has 114 valence electrons. The highest BCUT2D eigenvalue weighted by atomic mass is 35.5. The maximum Gasteiger partial charge on any atom is 0.277 e. The molecule has 1 N–H and O–H groups in total. The highest BCUT2D eigenvalue weighted by Crippen LogP contribution is 2.15. The molecule has 6 heteroatoms. The van der Waals surface area contributed by atoms with Crippen LogP contribution in [0, 0.1) is 5.82 Å². The first-order valence-electron chi connectivity index (χ1n) is 6.52. The van der Waals surface area contributed by atoms with E-state index in [4.69, 9.17) is 16.3 Å². The third kappa shape index (κ3) is 4.56. The molecule has 0 heterocycles. The summed E-state index contributed by atoms with van der Waals surface area (Å²) in [4.78, 5) is 11.6. The van der Waals surface area contributed by atoms with Crippen LogP contribution in [-0.4, -0.2) is 18.2 Å². The van der Waals surface area contributed by atoms with Crippen LogP contribution < -0.4 is 10.2 Å². The Morgan fingerprint density at radius 1 is 1.27 bits per heavy atom. The molecule has 22 heavy (non-hydrogen) atoms. The van der Waals surface area contributed by atoms with Crippen LogP contribution in [0.1, 0.15) is 12.5 Å². The summed E-state index contributed by atoms with van der Waals surface area (Å²) in [6, 6.07) is 13.0. The number of halogens is 2. The first-order valence-corrected chi connectivity index (χ1v) is 6.90. The standard InChI is InChI=1S/C16H14ClFN2O2/c1-11(12-5-4-6-13(17)9-12)19-20-16(21)10-22-15-8-3-2-7-14(15)18/h2-9H,10H2,1H3,(H,20,21)/b19-11+. The van der Waals surface area contributed by atoms with Crippen LogP contribution in [0.15, 0.2) is 53.6 Å². The molecule has 0 aliphatic carbocycles. The number of rotatable bonds is 5. The number of hydrogen-bond acceptors (Lipinski definition) is 3. The monoisotopic (exact) mass is 320 g/mol. The van der Waals surface area contributed by atoms with Gasteiger partial charge in [-0.25, -0.2) is 9.82 Å². The topological polar surface area (TPSA) is 50.7 Å². The van der Waals surface area contributed by atoms with E-state index in [-0.39, 0.29) is 12.4 Å². The number of carbonyl (C=O) groups is 1. The van der Waals surface area contributed by atoms with Crippen molar-refractivity contribution in [3.8, 4) is 5.75 Å². The number of carbonyl (C=O) groups excluding carboxylic acids is 1. The van der Waals surface area contributed by atoms with Crippen LogP contribution in [0.2, 0.25) is 5.02 Å². The molecule has 0 saturated heterocycles. The van der Waals surface area contributed by atoms with E-state index in [2.05, 4.69) is 10.5 Å². The second-order valence-corrected chi connectivity index (χ2v) is 4.90. The zero-order valence-corrected chi connectivity index (χ0v) is 12.6. The van der Waals surface area contributed by atoms with Gasteiger partial charge in [0, 0.05) is 5.02 Å². The summed E-state index contributed by atoms with van der Waals surface area (Å²) >= 11 is 5.89. The van der Waals surface area contributed by atoms with E-state index in [1.54, 1.807) is 37.3 Å². The van der Waals surface area contributed by atoms with E-state index in [9.17, 15) is 9.18 Å². The third-order valence-corrected chi connectivity index (χ3v) is 3.02. The van der Waals surface area contributed by atoms with Crippen molar-refractivity contribution in [3.05, 3.63) is 64.9 Å². The Labute approximate surface area is 132 Å². The average molecular weight is 321 g/mol. The second-order valence-electron chi connectivity index (χ2n) is 4.46. The van der Waals surface area contributed by atoms with Gasteiger partial charge in [0.1, 0.15) is 0 Å². The first-order chi connectivity index (χ1) is 10.6. The lowest BCUT2D eigenvalue weighted by molar-refractivity contribution is -0.123. The molecule has 0 unspecified atom stereocenters. The molecule has 0 spiro atoms. The summed E-state index contributed by atoms with van der Waals surface area (Å²) in [6.07, 6.45) is 0. The van der Waals surface area contributed by atoms with E-state index in [1.165, 1.54) is 12.1 Å². The van der Waals surface area contributed by atoms with Crippen molar-refractivity contribution in [2.75, 3.05) is 6.61 Å². The molecule has 0 fully saturated rings. The number of nitrogens with zero attached hydrogens (tertiary/aromatic N) is 1. The summed E-state index contributed by atoms with van der Waals surface area (Å²) in [5.41, 5.74) is 3.74. The van der Waals surface area contributed by atoms with Gasteiger partial charge in [-0.15, -0.1) is 0 Å². The van der Waals surface area contributed by atoms with Crippen LogP contribution in [0.25, 0.3) is 0 Å². The molecular formula is C16H14ClFN2O2. The summed E-state index contributed by atoms with van der Waals surface area (Å²) in [5, 5.41) is 4.54. The molecule has 0 atom stereocenters. The van der Waals surface area contributed by atoms with Gasteiger partial charge in [-0.2, -0.15) is 5.10 Å². The van der Waals surface area contributed by atoms with Crippen LogP contribution in [0.5, 0.6) is 5.75 Å². The molecule has 0 saturated carbocycles. The number of nitrogens with one attached hydrogen (secondary N) is 1. The molecular weight excluding hydrogens is 307 g/mol. The van der Waals surface area contributed by atoms with Gasteiger partial charge < -0.3 is 4.74 Å². The molecule has 0 aliphatic heterocycles. The average Bonchev–Trinajstić information content (AvgIpc) is 2.52. The Morgan fingerprint density at radius 3 is 2.77 bits per heavy atom. The fourth-order valence-corrected chi connectivity index (χ4v) is 1.85. The lowest BCUT2D eigenvalue weighted by atomic mass is 10.1. The van der Waals surface area contributed by atoms with E-state index in [0.717, 1.165) is 5.56 Å². The SMILES string of the molecule is C/C(=N\NC(=O)COc1ccccc1F)c1cccc(Cl)c1. The Bertz CT molecular complexity index is 704. The van der Waals surface area contributed by atoms with Crippen LogP contribution in [0.3, 0.4) is 0 Å². The fourth-order valence-electron chi connectivity index (χ4n) is 1.66. The number of benzene rings is 2. The zero-order chi connectivity index (χ0) is 15.9. The van der Waals surface area contributed by atoms with Crippen molar-refractivity contribution in [2.24, 2.45) is 5.10 Å². The van der Waals surface area contributed by atoms with E-state index in [1.807, 2.05) is 6.07 Å². The third-order valence-electron chi connectivity index (χ3n) is 2.79. The normalized spacial score (nSPS) is 11.1. The molecule has 4 nitrogen and oxygen atoms in total. The van der Waals surface area contributed by atoms with Gasteiger partial charge in [0.15, 0.2) is 18.2 Å². The second kappa shape index (κ2) is 7.56. The van der Waals surface area contributed by atoms with Gasteiger partial charge in [0.05, 0.1) is 5.71 Å². The molecule has 0 aliphatic rings. The lowest BCUT2D eigenvalue weighted by Crippen LogP contribution is -2.25. The van der Waals surface area contributed by atoms with Gasteiger partial charge in [0.2, 0.25) is 0 Å². The first kappa shape index (κ1) is 16.0. The summed E-state index contributed by atoms with van der Waals surface area (Å²) in [6.45, 7) is 1.41. The lowest BCUT2D eigenvalue weighted by Gasteiger charge is -2.06. The van der Waals surface area contributed by atoms with Crippen molar-refractivity contribution in [1.29, 1.82) is 0 Å². The van der Waals surface area contributed by atoms with E-state index >= 15 is 0 Å². The molecule has 2 aromatic rings. The minimum atomic E-state index is -0.520. The zero-order valence-electron chi connectivity index (χ0n) is 11.8. The maximum atomic E-state index is 13.3. The molecule has 0 aromatic heterocycles. The Morgan fingerprint density at radius 2 is 2.05 bits per heavy atom. The van der Waals surface area contributed by atoms with Gasteiger partial charge >= 0.3 is 0 Å². The maximum absolute atomic E-state index is 13.3. The summed E-state index contributed by atoms with van der Waals surface area (Å²) < 4.78 is 18.4. The molecule has 2 rings (SSSR count). The van der Waals surface area contributed by atoms with Crippen molar-refractivity contribution in [2.45, 2.75) is 6.92 Å². The van der Waals surface area contributed by atoms with Crippen LogP contribution >= 0.6 is 11.6 Å². The Balaban J connectivity index is 1.90. The number of amides is 1. The predicted octanol–water partition coefficient (Wildman–Crippen LogP) is 3.40. The minimum Gasteiger partial charge on any atom is -0.481 e. The Kier molecular flexibility index (Phi) is 5.49. The van der Waals surface area contributed by atoms with E-state index < -0.39 is 11.7 Å². The summed E-state index contributed by atoms with van der Waals surface area (Å²) in [7, 11) is 0. The van der Waals surface area contributed by atoms with Crippen LogP contribution in [-0.2, 0) is 4.79 Å². The molecule has 1 amide bonds. The van der Waals surface area contributed by atoms with Gasteiger partial charge in [-0.1, -0.05) is 35.9 Å². The smallest absolute Gasteiger partial charge is 0.277 e. The molecule has 0 bridgehead atoms. The van der Waals surface area contributed by atoms with Crippen LogP contribution in [0.4, 0.5) is 4.39 Å². The number of hydrazone groups is 1. The van der Waals surface area contributed by atoms with Crippen molar-refractivity contribution >= 4 is 23.2 Å². The number of ether oxygens (including phenoxy) is 1. The molecule has 0 radical (unpaired) electrons. The van der Waals surface area contributed by atoms with Crippen molar-refractivity contribution in [1.82, 2.24) is 5.43 Å². The van der Waals surface area contributed by atoms with Gasteiger partial charge in [-0.3, -0.25) is 4.79 Å². The minimum absolute atomic E-state index is 0.0215. The quantitative estimate of drug-likeness (QED) is 0.678.